The SMILES string of the molecule is Cc1c(CN)c(NC(=O)c2ccc(Cn3ccc(C(F)(F)F)n3)cc2)nn1C. The summed E-state index contributed by atoms with van der Waals surface area (Å²) in [5.41, 5.74) is 7.51. The van der Waals surface area contributed by atoms with Crippen molar-refractivity contribution in [2.45, 2.75) is 26.2 Å². The molecule has 0 aliphatic heterocycles. The lowest BCUT2D eigenvalue weighted by atomic mass is 10.1. The van der Waals surface area contributed by atoms with Crippen LogP contribution >= 0.6 is 0 Å². The van der Waals surface area contributed by atoms with Crippen molar-refractivity contribution in [3.63, 3.8) is 0 Å². The molecule has 7 nitrogen and oxygen atoms in total. The van der Waals surface area contributed by atoms with Crippen LogP contribution in [0, 0.1) is 6.92 Å². The molecular formula is C18H19F3N6O. The molecule has 3 aromatic rings. The first-order valence-electron chi connectivity index (χ1n) is 8.42. The summed E-state index contributed by atoms with van der Waals surface area (Å²) in [6, 6.07) is 7.44. The maximum absolute atomic E-state index is 12.6. The number of hydrogen-bond acceptors (Lipinski definition) is 4. The molecule has 0 spiro atoms. The number of carbonyl (C=O) groups excluding carboxylic acids is 1. The number of aryl methyl sites for hydroxylation is 1. The molecule has 10 heteroatoms. The van der Waals surface area contributed by atoms with Gasteiger partial charge in [-0.3, -0.25) is 14.2 Å². The molecule has 2 aromatic heterocycles. The third kappa shape index (κ3) is 4.06. The summed E-state index contributed by atoms with van der Waals surface area (Å²) < 4.78 is 40.7. The number of benzene rings is 1. The van der Waals surface area contributed by atoms with Crippen molar-refractivity contribution in [1.82, 2.24) is 19.6 Å². The van der Waals surface area contributed by atoms with Gasteiger partial charge in [0.1, 0.15) is 0 Å². The van der Waals surface area contributed by atoms with Crippen LogP contribution < -0.4 is 11.1 Å². The maximum atomic E-state index is 12.6. The van der Waals surface area contributed by atoms with E-state index < -0.39 is 11.9 Å². The number of carbonyl (C=O) groups is 1. The van der Waals surface area contributed by atoms with E-state index in [4.69, 9.17) is 5.73 Å². The van der Waals surface area contributed by atoms with Gasteiger partial charge in [0.15, 0.2) is 11.5 Å². The molecule has 0 fully saturated rings. The summed E-state index contributed by atoms with van der Waals surface area (Å²) in [6.07, 6.45) is -3.21. The quantitative estimate of drug-likeness (QED) is 0.699. The Bertz CT molecular complexity index is 988. The Kier molecular flexibility index (Phi) is 5.23. The summed E-state index contributed by atoms with van der Waals surface area (Å²) >= 11 is 0. The maximum Gasteiger partial charge on any atom is 0.435 e. The molecule has 0 aliphatic rings. The fourth-order valence-electron chi connectivity index (χ4n) is 2.73. The Balaban J connectivity index is 1.69. The predicted octanol–water partition coefficient (Wildman–Crippen LogP) is 2.70. The highest BCUT2D eigenvalue weighted by atomic mass is 19.4. The van der Waals surface area contributed by atoms with E-state index in [0.29, 0.717) is 16.9 Å². The van der Waals surface area contributed by atoms with Crippen molar-refractivity contribution in [1.29, 1.82) is 0 Å². The van der Waals surface area contributed by atoms with Gasteiger partial charge in [0.05, 0.1) is 6.54 Å². The standard InChI is InChI=1S/C18H19F3N6O/c1-11-14(9-22)16(25-26(11)2)23-17(28)13-5-3-12(4-6-13)10-27-8-7-15(24-27)18(19,20)21/h3-8H,9-10,22H2,1-2H3,(H,23,25,28). The molecule has 1 aromatic carbocycles. The molecule has 28 heavy (non-hydrogen) atoms. The third-order valence-electron chi connectivity index (χ3n) is 4.39. The number of amides is 1. The van der Waals surface area contributed by atoms with Crippen molar-refractivity contribution in [3.05, 3.63) is 64.6 Å². The molecule has 3 rings (SSSR count). The highest BCUT2D eigenvalue weighted by molar-refractivity contribution is 6.04. The van der Waals surface area contributed by atoms with Gasteiger partial charge in [-0.25, -0.2) is 0 Å². The largest absolute Gasteiger partial charge is 0.435 e. The number of nitrogens with two attached hydrogens (primary N) is 1. The second-order valence-corrected chi connectivity index (χ2v) is 6.29. The predicted molar refractivity (Wildman–Crippen MR) is 96.6 cm³/mol. The van der Waals surface area contributed by atoms with Gasteiger partial charge in [-0.05, 0) is 30.7 Å². The molecule has 2 heterocycles. The van der Waals surface area contributed by atoms with E-state index >= 15 is 0 Å². The number of alkyl halides is 3. The average molecular weight is 392 g/mol. The Morgan fingerprint density at radius 3 is 2.43 bits per heavy atom. The zero-order valence-corrected chi connectivity index (χ0v) is 15.3. The number of rotatable bonds is 5. The van der Waals surface area contributed by atoms with E-state index in [9.17, 15) is 18.0 Å². The molecule has 1 amide bonds. The van der Waals surface area contributed by atoms with Crippen LogP contribution in [0.25, 0.3) is 0 Å². The van der Waals surface area contributed by atoms with Gasteiger partial charge in [0, 0.05) is 36.6 Å². The molecule has 0 atom stereocenters. The summed E-state index contributed by atoms with van der Waals surface area (Å²) in [4.78, 5) is 12.4. The summed E-state index contributed by atoms with van der Waals surface area (Å²) in [7, 11) is 1.76. The average Bonchev–Trinajstić information content (AvgIpc) is 3.20. The van der Waals surface area contributed by atoms with Crippen LogP contribution in [-0.4, -0.2) is 25.5 Å². The van der Waals surface area contributed by atoms with Crippen LogP contribution in [0.15, 0.2) is 36.5 Å². The molecule has 0 unspecified atom stereocenters. The molecule has 0 radical (unpaired) electrons. The number of halogens is 3. The van der Waals surface area contributed by atoms with Crippen LogP contribution in [-0.2, 0) is 26.3 Å². The van der Waals surface area contributed by atoms with E-state index in [0.717, 1.165) is 17.3 Å². The van der Waals surface area contributed by atoms with Gasteiger partial charge in [0.25, 0.3) is 5.91 Å². The molecule has 0 saturated carbocycles. The molecule has 148 valence electrons. The Morgan fingerprint density at radius 1 is 1.18 bits per heavy atom. The Hall–Kier alpha value is -3.14. The van der Waals surface area contributed by atoms with Crippen molar-refractivity contribution in [3.8, 4) is 0 Å². The first-order valence-corrected chi connectivity index (χ1v) is 8.42. The summed E-state index contributed by atoms with van der Waals surface area (Å²) in [5, 5.41) is 10.5. The number of hydrogen-bond donors (Lipinski definition) is 2. The highest BCUT2D eigenvalue weighted by Crippen LogP contribution is 2.27. The fraction of sp³-hybridized carbons (Fsp3) is 0.278. The van der Waals surface area contributed by atoms with Crippen molar-refractivity contribution < 1.29 is 18.0 Å². The van der Waals surface area contributed by atoms with Crippen LogP contribution in [0.4, 0.5) is 19.0 Å². The van der Waals surface area contributed by atoms with E-state index in [1.165, 1.54) is 10.9 Å². The number of aromatic nitrogens is 4. The van der Waals surface area contributed by atoms with Crippen LogP contribution in [0.3, 0.4) is 0 Å². The number of nitrogens with zero attached hydrogens (tertiary/aromatic N) is 4. The minimum absolute atomic E-state index is 0.161. The highest BCUT2D eigenvalue weighted by Gasteiger charge is 2.33. The first kappa shape index (κ1) is 19.6. The topological polar surface area (TPSA) is 90.8 Å². The third-order valence-corrected chi connectivity index (χ3v) is 4.39. The van der Waals surface area contributed by atoms with Crippen LogP contribution in [0.5, 0.6) is 0 Å². The Morgan fingerprint density at radius 2 is 1.86 bits per heavy atom. The molecule has 3 N–H and O–H groups in total. The van der Waals surface area contributed by atoms with Gasteiger partial charge in [0.2, 0.25) is 0 Å². The molecule has 0 saturated heterocycles. The lowest BCUT2D eigenvalue weighted by Crippen LogP contribution is -2.14. The van der Waals surface area contributed by atoms with Gasteiger partial charge >= 0.3 is 6.18 Å². The number of nitrogens with one attached hydrogen (secondary N) is 1. The zero-order valence-electron chi connectivity index (χ0n) is 15.3. The smallest absolute Gasteiger partial charge is 0.326 e. The normalized spacial score (nSPS) is 11.6. The van der Waals surface area contributed by atoms with E-state index in [-0.39, 0.29) is 19.0 Å². The monoisotopic (exact) mass is 392 g/mol. The van der Waals surface area contributed by atoms with Gasteiger partial charge in [-0.1, -0.05) is 12.1 Å². The second-order valence-electron chi connectivity index (χ2n) is 6.29. The van der Waals surface area contributed by atoms with Crippen molar-refractivity contribution in [2.24, 2.45) is 12.8 Å². The van der Waals surface area contributed by atoms with Crippen LogP contribution in [0.1, 0.15) is 32.9 Å². The van der Waals surface area contributed by atoms with E-state index in [1.807, 2.05) is 6.92 Å². The number of anilines is 1. The van der Waals surface area contributed by atoms with E-state index in [2.05, 4.69) is 15.5 Å². The Labute approximate surface area is 158 Å². The fourth-order valence-corrected chi connectivity index (χ4v) is 2.73. The molecule has 0 aliphatic carbocycles. The second kappa shape index (κ2) is 7.47. The zero-order chi connectivity index (χ0) is 20.5. The van der Waals surface area contributed by atoms with Gasteiger partial charge in [-0.2, -0.15) is 23.4 Å². The van der Waals surface area contributed by atoms with Crippen LogP contribution in [0.2, 0.25) is 0 Å². The van der Waals surface area contributed by atoms with Gasteiger partial charge in [-0.15, -0.1) is 0 Å². The lowest BCUT2D eigenvalue weighted by molar-refractivity contribution is -0.141. The molecule has 0 bridgehead atoms. The summed E-state index contributed by atoms with van der Waals surface area (Å²) in [6.45, 7) is 2.27. The lowest BCUT2D eigenvalue weighted by Gasteiger charge is -2.07. The van der Waals surface area contributed by atoms with E-state index in [1.54, 1.807) is 36.0 Å². The van der Waals surface area contributed by atoms with Crippen molar-refractivity contribution in [2.75, 3.05) is 5.32 Å². The minimum Gasteiger partial charge on any atom is -0.326 e. The van der Waals surface area contributed by atoms with Gasteiger partial charge < -0.3 is 11.1 Å². The summed E-state index contributed by atoms with van der Waals surface area (Å²) in [5.74, 6) is 0.0607. The van der Waals surface area contributed by atoms with Crippen molar-refractivity contribution >= 4 is 11.7 Å². The first-order chi connectivity index (χ1) is 13.2. The molecular weight excluding hydrogens is 373 g/mol. The minimum atomic E-state index is -4.47.